The summed E-state index contributed by atoms with van der Waals surface area (Å²) >= 11 is 6.28. The van der Waals surface area contributed by atoms with Crippen LogP contribution in [0.3, 0.4) is 0 Å². The van der Waals surface area contributed by atoms with Gasteiger partial charge in [0.1, 0.15) is 0 Å². The maximum atomic E-state index is 12.6. The van der Waals surface area contributed by atoms with E-state index in [9.17, 15) is 4.79 Å². The Kier molecular flexibility index (Phi) is 3.74. The fourth-order valence-electron chi connectivity index (χ4n) is 3.34. The number of nitrogens with two attached hydrogens (primary N) is 1. The first-order valence-corrected chi connectivity index (χ1v) is 7.80. The van der Waals surface area contributed by atoms with Crippen LogP contribution in [-0.4, -0.2) is 22.9 Å². The minimum atomic E-state index is -0.245. The highest BCUT2D eigenvalue weighted by atomic mass is 35.5. The van der Waals surface area contributed by atoms with Crippen molar-refractivity contribution in [1.29, 1.82) is 0 Å². The first-order valence-electron chi connectivity index (χ1n) is 7.42. The Morgan fingerprint density at radius 1 is 1.35 bits per heavy atom. The van der Waals surface area contributed by atoms with Gasteiger partial charge in [0, 0.05) is 23.5 Å². The Balaban J connectivity index is 1.75. The van der Waals surface area contributed by atoms with Crippen LogP contribution in [-0.2, 0) is 4.79 Å². The molecule has 0 bridgehead atoms. The Bertz CT molecular complexity index is 513. The largest absolute Gasteiger partial charge is 0.336 e. The molecule has 1 atom stereocenters. The fraction of sp³-hybridized carbons (Fsp3) is 0.562. The lowest BCUT2D eigenvalue weighted by Gasteiger charge is -2.39. The van der Waals surface area contributed by atoms with Gasteiger partial charge in [-0.1, -0.05) is 29.8 Å². The van der Waals surface area contributed by atoms with Crippen LogP contribution in [0.4, 0.5) is 0 Å². The molecule has 1 aliphatic carbocycles. The smallest absolute Gasteiger partial charge is 0.224 e. The van der Waals surface area contributed by atoms with Crippen LogP contribution in [0.25, 0.3) is 0 Å². The molecule has 108 valence electrons. The predicted molar refractivity (Wildman–Crippen MR) is 80.5 cm³/mol. The minimum absolute atomic E-state index is 0.125. The van der Waals surface area contributed by atoms with E-state index < -0.39 is 0 Å². The topological polar surface area (TPSA) is 46.3 Å². The van der Waals surface area contributed by atoms with Crippen LogP contribution in [0.5, 0.6) is 0 Å². The number of rotatable bonds is 3. The molecule has 3 rings (SSSR count). The van der Waals surface area contributed by atoms with E-state index in [-0.39, 0.29) is 17.5 Å². The SMILES string of the molecule is NC1(CC(=O)N2CCCC2c2ccccc2Cl)CCC1. The molecule has 2 fully saturated rings. The summed E-state index contributed by atoms with van der Waals surface area (Å²) in [7, 11) is 0. The van der Waals surface area contributed by atoms with Gasteiger partial charge in [-0.15, -0.1) is 0 Å². The summed E-state index contributed by atoms with van der Waals surface area (Å²) in [6, 6.07) is 7.96. The molecule has 3 nitrogen and oxygen atoms in total. The summed E-state index contributed by atoms with van der Waals surface area (Å²) in [5.41, 5.74) is 7.04. The lowest BCUT2D eigenvalue weighted by atomic mass is 9.75. The van der Waals surface area contributed by atoms with E-state index in [1.807, 2.05) is 29.2 Å². The molecule has 2 aliphatic rings. The lowest BCUT2D eigenvalue weighted by molar-refractivity contribution is -0.134. The van der Waals surface area contributed by atoms with Crippen molar-refractivity contribution in [2.75, 3.05) is 6.54 Å². The van der Waals surface area contributed by atoms with Gasteiger partial charge in [0.15, 0.2) is 0 Å². The van der Waals surface area contributed by atoms with E-state index in [4.69, 9.17) is 17.3 Å². The van der Waals surface area contributed by atoms with Crippen molar-refractivity contribution in [1.82, 2.24) is 4.90 Å². The average molecular weight is 293 g/mol. The molecule has 0 aromatic heterocycles. The van der Waals surface area contributed by atoms with Crippen LogP contribution in [0.1, 0.15) is 50.1 Å². The summed E-state index contributed by atoms with van der Waals surface area (Å²) in [4.78, 5) is 14.5. The molecule has 1 aromatic carbocycles. The molecule has 1 aliphatic heterocycles. The van der Waals surface area contributed by atoms with Crippen molar-refractivity contribution in [3.8, 4) is 0 Å². The van der Waals surface area contributed by atoms with E-state index >= 15 is 0 Å². The number of likely N-dealkylation sites (tertiary alicyclic amines) is 1. The zero-order valence-electron chi connectivity index (χ0n) is 11.6. The van der Waals surface area contributed by atoms with E-state index in [1.54, 1.807) is 0 Å². The third kappa shape index (κ3) is 2.57. The molecule has 1 aromatic rings. The highest BCUT2D eigenvalue weighted by Crippen LogP contribution is 2.38. The van der Waals surface area contributed by atoms with Crippen LogP contribution < -0.4 is 5.73 Å². The summed E-state index contributed by atoms with van der Waals surface area (Å²) < 4.78 is 0. The average Bonchev–Trinajstić information content (AvgIpc) is 2.86. The Morgan fingerprint density at radius 2 is 2.10 bits per heavy atom. The third-order valence-corrected chi connectivity index (χ3v) is 5.03. The van der Waals surface area contributed by atoms with E-state index in [1.165, 1.54) is 0 Å². The van der Waals surface area contributed by atoms with Crippen LogP contribution >= 0.6 is 11.6 Å². The second kappa shape index (κ2) is 5.38. The summed E-state index contributed by atoms with van der Waals surface area (Å²) in [6.07, 6.45) is 5.62. The molecule has 1 saturated carbocycles. The quantitative estimate of drug-likeness (QED) is 0.929. The highest BCUT2D eigenvalue weighted by Gasteiger charge is 2.39. The van der Waals surface area contributed by atoms with Crippen molar-refractivity contribution >= 4 is 17.5 Å². The fourth-order valence-corrected chi connectivity index (χ4v) is 3.61. The van der Waals surface area contributed by atoms with Crippen LogP contribution in [0.2, 0.25) is 5.02 Å². The predicted octanol–water partition coefficient (Wildman–Crippen LogP) is 3.28. The molecule has 4 heteroatoms. The number of nitrogens with zero attached hydrogens (tertiary/aromatic N) is 1. The van der Waals surface area contributed by atoms with Gasteiger partial charge < -0.3 is 10.6 Å². The van der Waals surface area contributed by atoms with E-state index in [0.717, 1.165) is 49.2 Å². The Hall–Kier alpha value is -1.06. The van der Waals surface area contributed by atoms with Gasteiger partial charge in [0.25, 0.3) is 0 Å². The molecule has 0 spiro atoms. The summed E-state index contributed by atoms with van der Waals surface area (Å²) in [6.45, 7) is 0.824. The Labute approximate surface area is 125 Å². The minimum Gasteiger partial charge on any atom is -0.336 e. The number of hydrogen-bond donors (Lipinski definition) is 1. The van der Waals surface area contributed by atoms with Crippen LogP contribution in [0, 0.1) is 0 Å². The molecule has 1 amide bonds. The van der Waals surface area contributed by atoms with Gasteiger partial charge in [-0.05, 0) is 43.7 Å². The number of halogens is 1. The first-order chi connectivity index (χ1) is 9.59. The summed E-state index contributed by atoms with van der Waals surface area (Å²) in [5, 5.41) is 0.753. The molecule has 2 N–H and O–H groups in total. The van der Waals surface area contributed by atoms with Gasteiger partial charge >= 0.3 is 0 Å². The first kappa shape index (κ1) is 13.9. The maximum Gasteiger partial charge on any atom is 0.224 e. The monoisotopic (exact) mass is 292 g/mol. The Morgan fingerprint density at radius 3 is 2.75 bits per heavy atom. The molecule has 1 unspecified atom stereocenters. The van der Waals surface area contributed by atoms with Gasteiger partial charge in [-0.2, -0.15) is 0 Å². The van der Waals surface area contributed by atoms with Crippen molar-refractivity contribution in [2.24, 2.45) is 5.73 Å². The lowest BCUT2D eigenvalue weighted by Crippen LogP contribution is -2.50. The molecule has 0 radical (unpaired) electrons. The number of carbonyl (C=O) groups excluding carboxylic acids is 1. The van der Waals surface area contributed by atoms with E-state index in [0.29, 0.717) is 6.42 Å². The molecule has 1 heterocycles. The second-order valence-electron chi connectivity index (χ2n) is 6.16. The highest BCUT2D eigenvalue weighted by molar-refractivity contribution is 6.31. The standard InChI is InChI=1S/C16H21ClN2O/c17-13-6-2-1-5-12(13)14-7-3-10-19(14)15(20)11-16(18)8-4-9-16/h1-2,5-6,14H,3-4,7-11,18H2. The van der Waals surface area contributed by atoms with Crippen molar-refractivity contribution in [3.05, 3.63) is 34.9 Å². The molecule has 20 heavy (non-hydrogen) atoms. The normalized spacial score (nSPS) is 24.5. The van der Waals surface area contributed by atoms with Gasteiger partial charge in [-0.25, -0.2) is 0 Å². The van der Waals surface area contributed by atoms with Crippen LogP contribution in [0.15, 0.2) is 24.3 Å². The van der Waals surface area contributed by atoms with Gasteiger partial charge in [0.05, 0.1) is 6.04 Å². The number of amides is 1. The number of carbonyl (C=O) groups is 1. The number of benzene rings is 1. The number of hydrogen-bond acceptors (Lipinski definition) is 2. The van der Waals surface area contributed by atoms with Crippen molar-refractivity contribution in [2.45, 2.75) is 50.1 Å². The molecular formula is C16H21ClN2O. The maximum absolute atomic E-state index is 12.6. The van der Waals surface area contributed by atoms with Crippen molar-refractivity contribution in [3.63, 3.8) is 0 Å². The van der Waals surface area contributed by atoms with Crippen molar-refractivity contribution < 1.29 is 4.79 Å². The zero-order chi connectivity index (χ0) is 14.2. The summed E-state index contributed by atoms with van der Waals surface area (Å²) in [5.74, 6) is 0.189. The zero-order valence-corrected chi connectivity index (χ0v) is 12.4. The second-order valence-corrected chi connectivity index (χ2v) is 6.57. The van der Waals surface area contributed by atoms with E-state index in [2.05, 4.69) is 0 Å². The van der Waals surface area contributed by atoms with Gasteiger partial charge in [-0.3, -0.25) is 4.79 Å². The molecule has 1 saturated heterocycles. The van der Waals surface area contributed by atoms with Gasteiger partial charge in [0.2, 0.25) is 5.91 Å². The third-order valence-electron chi connectivity index (χ3n) is 4.69. The molecular weight excluding hydrogens is 272 g/mol.